The Morgan fingerprint density at radius 1 is 1.39 bits per heavy atom. The Morgan fingerprint density at radius 2 is 2.11 bits per heavy atom. The average molecular weight is 271 g/mol. The van der Waals surface area contributed by atoms with Crippen LogP contribution in [0.25, 0.3) is 0 Å². The van der Waals surface area contributed by atoms with E-state index in [0.717, 1.165) is 25.7 Å². The van der Waals surface area contributed by atoms with Gasteiger partial charge in [0.2, 0.25) is 5.91 Å². The lowest BCUT2D eigenvalue weighted by Crippen LogP contribution is -2.40. The van der Waals surface area contributed by atoms with E-state index in [4.69, 9.17) is 17.3 Å². The molecule has 5 heteroatoms. The van der Waals surface area contributed by atoms with Crippen LogP contribution in [0.3, 0.4) is 0 Å². The van der Waals surface area contributed by atoms with Gasteiger partial charge in [-0.2, -0.15) is 0 Å². The van der Waals surface area contributed by atoms with Crippen molar-refractivity contribution < 1.29 is 9.18 Å². The van der Waals surface area contributed by atoms with E-state index in [1.807, 2.05) is 0 Å². The van der Waals surface area contributed by atoms with Crippen molar-refractivity contribution in [1.82, 2.24) is 0 Å². The molecule has 1 aliphatic rings. The number of hydrogen-bond donors (Lipinski definition) is 2. The molecule has 2 unspecified atom stereocenters. The van der Waals surface area contributed by atoms with Crippen molar-refractivity contribution in [1.29, 1.82) is 0 Å². The van der Waals surface area contributed by atoms with Crippen molar-refractivity contribution in [3.8, 4) is 0 Å². The monoisotopic (exact) mass is 270 g/mol. The first kappa shape index (κ1) is 13.3. The first-order valence-corrected chi connectivity index (χ1v) is 6.48. The minimum absolute atomic E-state index is 0.000688. The molecule has 18 heavy (non-hydrogen) atoms. The first-order chi connectivity index (χ1) is 8.59. The van der Waals surface area contributed by atoms with Crippen LogP contribution < -0.4 is 11.1 Å². The summed E-state index contributed by atoms with van der Waals surface area (Å²) in [6, 6.07) is 4.40. The lowest BCUT2D eigenvalue weighted by Gasteiger charge is -2.27. The zero-order valence-electron chi connectivity index (χ0n) is 9.96. The molecular weight excluding hydrogens is 255 g/mol. The molecule has 0 saturated heterocycles. The molecule has 98 valence electrons. The van der Waals surface area contributed by atoms with Gasteiger partial charge in [-0.3, -0.25) is 4.79 Å². The van der Waals surface area contributed by atoms with Crippen LogP contribution in [0.4, 0.5) is 10.1 Å². The van der Waals surface area contributed by atoms with E-state index >= 15 is 0 Å². The van der Waals surface area contributed by atoms with Crippen LogP contribution in [-0.4, -0.2) is 11.9 Å². The Labute approximate surface area is 111 Å². The Balaban J connectivity index is 2.09. The molecule has 0 aliphatic heterocycles. The zero-order chi connectivity index (χ0) is 13.1. The summed E-state index contributed by atoms with van der Waals surface area (Å²) >= 11 is 5.66. The second-order valence-corrected chi connectivity index (χ2v) is 5.05. The van der Waals surface area contributed by atoms with Crippen molar-refractivity contribution in [2.24, 2.45) is 11.7 Å². The van der Waals surface area contributed by atoms with Gasteiger partial charge >= 0.3 is 0 Å². The normalized spacial score (nSPS) is 23.7. The van der Waals surface area contributed by atoms with Gasteiger partial charge in [0.1, 0.15) is 0 Å². The maximum absolute atomic E-state index is 13.6. The fourth-order valence-corrected chi connectivity index (χ4v) is 2.49. The van der Waals surface area contributed by atoms with Crippen LogP contribution in [0, 0.1) is 11.7 Å². The number of nitrogens with two attached hydrogens (primary N) is 1. The van der Waals surface area contributed by atoms with Crippen molar-refractivity contribution in [2.75, 3.05) is 5.32 Å². The third kappa shape index (κ3) is 2.82. The van der Waals surface area contributed by atoms with E-state index < -0.39 is 5.82 Å². The van der Waals surface area contributed by atoms with Gasteiger partial charge in [-0.05, 0) is 25.0 Å². The highest BCUT2D eigenvalue weighted by atomic mass is 35.5. The maximum Gasteiger partial charge on any atom is 0.229 e. The molecule has 1 amide bonds. The number of carbonyl (C=O) groups is 1. The predicted octanol–water partition coefficient (Wildman–Crippen LogP) is 2.94. The second kappa shape index (κ2) is 5.67. The van der Waals surface area contributed by atoms with Crippen LogP contribution >= 0.6 is 11.6 Å². The fraction of sp³-hybridized carbons (Fsp3) is 0.462. The second-order valence-electron chi connectivity index (χ2n) is 4.65. The number of nitrogens with one attached hydrogen (secondary N) is 1. The minimum Gasteiger partial charge on any atom is -0.327 e. The largest absolute Gasteiger partial charge is 0.327 e. The summed E-state index contributed by atoms with van der Waals surface area (Å²) in [5.74, 6) is -1.06. The van der Waals surface area contributed by atoms with Gasteiger partial charge in [0, 0.05) is 6.04 Å². The summed E-state index contributed by atoms with van der Waals surface area (Å²) in [7, 11) is 0. The molecule has 1 aliphatic carbocycles. The van der Waals surface area contributed by atoms with Gasteiger partial charge in [-0.15, -0.1) is 0 Å². The zero-order valence-corrected chi connectivity index (χ0v) is 10.7. The van der Waals surface area contributed by atoms with Gasteiger partial charge in [-0.25, -0.2) is 4.39 Å². The number of anilines is 1. The Kier molecular flexibility index (Phi) is 4.19. The number of amides is 1. The van der Waals surface area contributed by atoms with Crippen LogP contribution in [0.1, 0.15) is 25.7 Å². The van der Waals surface area contributed by atoms with E-state index in [1.54, 1.807) is 6.07 Å². The van der Waals surface area contributed by atoms with Gasteiger partial charge < -0.3 is 11.1 Å². The summed E-state index contributed by atoms with van der Waals surface area (Å²) < 4.78 is 13.6. The highest BCUT2D eigenvalue weighted by molar-refractivity contribution is 6.31. The van der Waals surface area contributed by atoms with Crippen LogP contribution in [0.2, 0.25) is 5.02 Å². The van der Waals surface area contributed by atoms with E-state index in [9.17, 15) is 9.18 Å². The maximum atomic E-state index is 13.6. The van der Waals surface area contributed by atoms with Crippen LogP contribution in [-0.2, 0) is 4.79 Å². The standard InChI is InChI=1S/C13H16ClFN2O/c14-9-5-3-7-11(12(9)15)17-13(18)8-4-1-2-6-10(8)16/h3,5,7-8,10H,1-2,4,6,16H2,(H,17,18). The highest BCUT2D eigenvalue weighted by Gasteiger charge is 2.28. The molecule has 3 N–H and O–H groups in total. The third-order valence-electron chi connectivity index (χ3n) is 3.37. The molecule has 1 aromatic rings. The van der Waals surface area contributed by atoms with Gasteiger partial charge in [0.15, 0.2) is 5.82 Å². The first-order valence-electron chi connectivity index (χ1n) is 6.10. The Hall–Kier alpha value is -1.13. The number of benzene rings is 1. The molecule has 0 spiro atoms. The minimum atomic E-state index is -0.600. The number of hydrogen-bond acceptors (Lipinski definition) is 2. The number of carbonyl (C=O) groups excluding carboxylic acids is 1. The Bertz CT molecular complexity index is 453. The smallest absolute Gasteiger partial charge is 0.229 e. The molecule has 0 aromatic heterocycles. The van der Waals surface area contributed by atoms with Gasteiger partial charge in [0.25, 0.3) is 0 Å². The van der Waals surface area contributed by atoms with Crippen LogP contribution in [0.5, 0.6) is 0 Å². The molecule has 1 aromatic carbocycles. The number of rotatable bonds is 2. The van der Waals surface area contributed by atoms with Gasteiger partial charge in [0.05, 0.1) is 16.6 Å². The lowest BCUT2D eigenvalue weighted by atomic mass is 9.84. The molecule has 1 saturated carbocycles. The summed E-state index contributed by atoms with van der Waals surface area (Å²) in [4.78, 5) is 12.0. The summed E-state index contributed by atoms with van der Waals surface area (Å²) in [5.41, 5.74) is 6.04. The lowest BCUT2D eigenvalue weighted by molar-refractivity contribution is -0.121. The summed E-state index contributed by atoms with van der Waals surface area (Å²) in [6.07, 6.45) is 3.64. The van der Waals surface area contributed by atoms with Crippen molar-refractivity contribution in [3.63, 3.8) is 0 Å². The molecular formula is C13H16ClFN2O. The van der Waals surface area contributed by atoms with E-state index in [2.05, 4.69) is 5.32 Å². The molecule has 0 radical (unpaired) electrons. The molecule has 2 rings (SSSR count). The quantitative estimate of drug-likeness (QED) is 0.868. The SMILES string of the molecule is NC1CCCCC1C(=O)Nc1cccc(Cl)c1F. The van der Waals surface area contributed by atoms with Crippen molar-refractivity contribution in [3.05, 3.63) is 29.0 Å². The van der Waals surface area contributed by atoms with E-state index in [-0.39, 0.29) is 28.6 Å². The summed E-state index contributed by atoms with van der Waals surface area (Å²) in [6.45, 7) is 0. The van der Waals surface area contributed by atoms with Crippen molar-refractivity contribution >= 4 is 23.2 Å². The fourth-order valence-electron chi connectivity index (χ4n) is 2.31. The van der Waals surface area contributed by atoms with Crippen molar-refractivity contribution in [2.45, 2.75) is 31.7 Å². The van der Waals surface area contributed by atoms with E-state index in [0.29, 0.717) is 0 Å². The van der Waals surface area contributed by atoms with E-state index in [1.165, 1.54) is 12.1 Å². The number of halogens is 2. The topological polar surface area (TPSA) is 55.1 Å². The molecule has 3 nitrogen and oxygen atoms in total. The molecule has 1 fully saturated rings. The highest BCUT2D eigenvalue weighted by Crippen LogP contribution is 2.26. The average Bonchev–Trinajstić information content (AvgIpc) is 2.35. The third-order valence-corrected chi connectivity index (χ3v) is 3.66. The molecule has 0 bridgehead atoms. The molecule has 2 atom stereocenters. The summed E-state index contributed by atoms with van der Waals surface area (Å²) in [5, 5.41) is 2.57. The predicted molar refractivity (Wildman–Crippen MR) is 70.0 cm³/mol. The molecule has 0 heterocycles. The van der Waals surface area contributed by atoms with Gasteiger partial charge in [-0.1, -0.05) is 30.5 Å². The van der Waals surface area contributed by atoms with Crippen LogP contribution in [0.15, 0.2) is 18.2 Å². The Morgan fingerprint density at radius 3 is 2.83 bits per heavy atom.